The second-order valence-electron chi connectivity index (χ2n) is 34.9. The fraction of sp³-hybridized carbons (Fsp3) is 0.202. The van der Waals surface area contributed by atoms with Gasteiger partial charge in [-0.15, -0.1) is 0 Å². The van der Waals surface area contributed by atoms with E-state index in [4.69, 9.17) is 8.83 Å². The summed E-state index contributed by atoms with van der Waals surface area (Å²) in [6, 6.07) is 97.5. The van der Waals surface area contributed by atoms with Gasteiger partial charge in [0.15, 0.2) is 11.2 Å². The van der Waals surface area contributed by atoms with E-state index in [0.29, 0.717) is 5.56 Å². The topological polar surface area (TPSA) is 61.5 Å². The minimum absolute atomic E-state index is 0.0557. The lowest BCUT2D eigenvalue weighted by Crippen LogP contribution is -2.61. The molecular formula is C99H87BN4O2. The second kappa shape index (κ2) is 23.7. The molecule has 518 valence electrons. The number of aromatic nitrogens is 1. The van der Waals surface area contributed by atoms with Gasteiger partial charge in [0, 0.05) is 71.9 Å². The van der Waals surface area contributed by atoms with Crippen LogP contribution in [0.25, 0.3) is 116 Å². The van der Waals surface area contributed by atoms with Gasteiger partial charge in [-0.25, -0.2) is 0 Å². The van der Waals surface area contributed by atoms with E-state index in [-0.39, 0.29) is 33.8 Å². The molecule has 13 aromatic carbocycles. The number of rotatable bonds is 7. The van der Waals surface area contributed by atoms with Gasteiger partial charge in [-0.3, -0.25) is 0 Å². The molecule has 3 aromatic heterocycles. The van der Waals surface area contributed by atoms with Crippen molar-refractivity contribution < 1.29 is 8.83 Å². The number of anilines is 6. The number of hydrogen-bond acceptors (Lipinski definition) is 5. The summed E-state index contributed by atoms with van der Waals surface area (Å²) in [6.45, 7) is 34.5. The van der Waals surface area contributed by atoms with Gasteiger partial charge in [0.25, 0.3) is 6.71 Å². The van der Waals surface area contributed by atoms with E-state index in [2.05, 4.69) is 373 Å². The maximum Gasteiger partial charge on any atom is 0.252 e. The second-order valence-corrected chi connectivity index (χ2v) is 34.9. The van der Waals surface area contributed by atoms with Gasteiger partial charge in [0.1, 0.15) is 11.2 Å². The highest BCUT2D eigenvalue weighted by atomic mass is 16.3. The fourth-order valence-electron chi connectivity index (χ4n) is 17.0. The molecule has 7 heteroatoms. The highest BCUT2D eigenvalue weighted by Gasteiger charge is 2.46. The maximum atomic E-state index is 10.5. The molecule has 0 amide bonds. The van der Waals surface area contributed by atoms with Crippen molar-refractivity contribution in [2.45, 2.75) is 131 Å². The molecule has 2 aliphatic heterocycles. The van der Waals surface area contributed by atoms with E-state index in [1.165, 1.54) is 55.4 Å². The molecule has 0 atom stereocenters. The average Bonchev–Trinajstić information content (AvgIpc) is 0.731. The molecule has 0 spiro atoms. The molecule has 0 saturated carbocycles. The van der Waals surface area contributed by atoms with Crippen molar-refractivity contribution in [3.63, 3.8) is 0 Å². The van der Waals surface area contributed by atoms with E-state index in [1.807, 2.05) is 6.07 Å². The molecular weight excluding hydrogens is 1290 g/mol. The number of para-hydroxylation sites is 4. The highest BCUT2D eigenvalue weighted by molar-refractivity contribution is 7.00. The third-order valence-electron chi connectivity index (χ3n) is 22.7. The molecule has 0 fully saturated rings. The molecule has 0 bridgehead atoms. The van der Waals surface area contributed by atoms with Gasteiger partial charge in [-0.05, 0) is 184 Å². The maximum absolute atomic E-state index is 10.5. The number of furan rings is 2. The number of hydrogen-bond donors (Lipinski definition) is 0. The van der Waals surface area contributed by atoms with Crippen LogP contribution in [0.1, 0.15) is 137 Å². The molecule has 0 unspecified atom stereocenters. The number of nitrogens with zero attached hydrogens (tertiary/aromatic N) is 4. The SMILES string of the molecule is CC(C)(C)c1cc(-c2ccc3c(c2)N(c2cccc4c2oc2c(-c5ccccc5)cccc24)c2cc(C(C)(C)C)cc4c2B3c2ccc(-n3c5ccc(C#N)cc5c5cc(C(C)(C)C)ccc53)cc2N4c2cccc3c2oc2c(-c4cccc(-c5ccccc5C(C)(C)C)c4)cccc23)cc(C(C)(C)C)c1. The Labute approximate surface area is 622 Å². The van der Waals surface area contributed by atoms with Crippen molar-refractivity contribution in [1.82, 2.24) is 4.57 Å². The standard InChI is InChI=1S/C99H87BN4O2/c1-95(2,3)65-42-47-83-78(54-65)77-48-59(58-101)40-46-82(77)102(83)69-43-45-81-87(57-69)104(85-39-25-36-76-74-34-23-32-72(92(74)106-94(76)85)63-29-21-28-62(49-63)70-30-19-20-37-79(70)99(13,14)15)89-56-68(98(10,11)12)55-88-90(89)100(81)80-44-41-61(64-50-66(96(4,5)6)53-67(51-64)97(7,8)9)52-86(80)103(88)84-38-24-35-75-73-33-22-31-71(91(73)105-93(75)84)60-26-17-16-18-27-60/h16-57H,1-15H3. The minimum Gasteiger partial charge on any atom is -0.453 e. The van der Waals surface area contributed by atoms with E-state index in [0.717, 1.165) is 139 Å². The first-order valence-electron chi connectivity index (χ1n) is 37.5. The Morgan fingerprint density at radius 2 is 0.774 bits per heavy atom. The van der Waals surface area contributed by atoms with Crippen LogP contribution in [-0.4, -0.2) is 11.3 Å². The van der Waals surface area contributed by atoms with Gasteiger partial charge in [-0.1, -0.05) is 280 Å². The van der Waals surface area contributed by atoms with Gasteiger partial charge >= 0.3 is 0 Å². The molecule has 0 radical (unpaired) electrons. The highest BCUT2D eigenvalue weighted by Crippen LogP contribution is 2.53. The first kappa shape index (κ1) is 66.4. The molecule has 0 saturated heterocycles. The number of fused-ring (bicyclic) bond motifs is 13. The third-order valence-corrected chi connectivity index (χ3v) is 22.7. The van der Waals surface area contributed by atoms with E-state index < -0.39 is 0 Å². The summed E-state index contributed by atoms with van der Waals surface area (Å²) in [6.07, 6.45) is 0. The van der Waals surface area contributed by atoms with E-state index in [9.17, 15) is 5.26 Å². The summed E-state index contributed by atoms with van der Waals surface area (Å²) in [5, 5.41) is 16.9. The zero-order chi connectivity index (χ0) is 73.4. The van der Waals surface area contributed by atoms with Crippen molar-refractivity contribution in [1.29, 1.82) is 5.26 Å². The molecule has 6 nitrogen and oxygen atoms in total. The quantitative estimate of drug-likeness (QED) is 0.149. The van der Waals surface area contributed by atoms with Crippen LogP contribution in [-0.2, 0) is 27.1 Å². The summed E-state index contributed by atoms with van der Waals surface area (Å²) in [5.74, 6) is 0. The van der Waals surface area contributed by atoms with Gasteiger partial charge in [0.05, 0.1) is 34.0 Å². The first-order chi connectivity index (χ1) is 50.7. The third kappa shape index (κ3) is 10.6. The normalized spacial score (nSPS) is 13.4. The van der Waals surface area contributed by atoms with Crippen molar-refractivity contribution in [3.8, 4) is 56.3 Å². The lowest BCUT2D eigenvalue weighted by Gasteiger charge is -2.45. The van der Waals surface area contributed by atoms with Gasteiger partial charge in [0.2, 0.25) is 0 Å². The lowest BCUT2D eigenvalue weighted by atomic mass is 9.33. The zero-order valence-electron chi connectivity index (χ0n) is 63.4. The van der Waals surface area contributed by atoms with Crippen LogP contribution in [0.15, 0.2) is 264 Å². The molecule has 5 heterocycles. The van der Waals surface area contributed by atoms with Crippen molar-refractivity contribution in [2.75, 3.05) is 9.80 Å². The van der Waals surface area contributed by atoms with Crippen molar-refractivity contribution >= 4 is 123 Å². The van der Waals surface area contributed by atoms with Crippen LogP contribution in [0.5, 0.6) is 0 Å². The molecule has 2 aliphatic rings. The van der Waals surface area contributed by atoms with Gasteiger partial charge in [-0.2, -0.15) is 5.26 Å². The summed E-state index contributed by atoms with van der Waals surface area (Å²) >= 11 is 0. The van der Waals surface area contributed by atoms with E-state index >= 15 is 0 Å². The van der Waals surface area contributed by atoms with Gasteiger partial charge < -0.3 is 23.2 Å². The average molecular weight is 1380 g/mol. The molecule has 18 rings (SSSR count). The Balaban J connectivity index is 0.945. The van der Waals surface area contributed by atoms with Crippen LogP contribution in [0.4, 0.5) is 34.1 Å². The van der Waals surface area contributed by atoms with Crippen LogP contribution < -0.4 is 26.2 Å². The van der Waals surface area contributed by atoms with Crippen LogP contribution in [0.3, 0.4) is 0 Å². The smallest absolute Gasteiger partial charge is 0.252 e. The Kier molecular flexibility index (Phi) is 14.8. The molecule has 16 aromatic rings. The summed E-state index contributed by atoms with van der Waals surface area (Å²) in [7, 11) is 0. The monoisotopic (exact) mass is 1370 g/mol. The lowest BCUT2D eigenvalue weighted by molar-refractivity contribution is 0.569. The Morgan fingerprint density at radius 1 is 0.302 bits per heavy atom. The molecule has 106 heavy (non-hydrogen) atoms. The van der Waals surface area contributed by atoms with Crippen molar-refractivity contribution in [3.05, 3.63) is 288 Å². The Morgan fingerprint density at radius 3 is 1.35 bits per heavy atom. The van der Waals surface area contributed by atoms with Crippen LogP contribution >= 0.6 is 0 Å². The molecule has 0 aliphatic carbocycles. The minimum atomic E-state index is -0.339. The molecule has 0 N–H and O–H groups in total. The zero-order valence-corrected chi connectivity index (χ0v) is 63.4. The van der Waals surface area contributed by atoms with Crippen molar-refractivity contribution in [2.24, 2.45) is 0 Å². The summed E-state index contributed by atoms with van der Waals surface area (Å²) in [4.78, 5) is 5.11. The Bertz CT molecular complexity index is 6360. The predicted octanol–water partition coefficient (Wildman–Crippen LogP) is 25.7. The number of nitriles is 1. The number of benzene rings is 13. The largest absolute Gasteiger partial charge is 0.453 e. The fourth-order valence-corrected chi connectivity index (χ4v) is 17.0. The van der Waals surface area contributed by atoms with Crippen LogP contribution in [0.2, 0.25) is 0 Å². The summed E-state index contributed by atoms with van der Waals surface area (Å²) < 4.78 is 17.7. The Hall–Kier alpha value is -11.6. The predicted molar refractivity (Wildman–Crippen MR) is 449 cm³/mol. The van der Waals surface area contributed by atoms with E-state index in [1.54, 1.807) is 0 Å². The summed E-state index contributed by atoms with van der Waals surface area (Å²) in [5.41, 5.74) is 31.4. The first-order valence-corrected chi connectivity index (χ1v) is 37.5. The van der Waals surface area contributed by atoms with Crippen LogP contribution in [0, 0.1) is 11.3 Å².